The van der Waals surface area contributed by atoms with Gasteiger partial charge in [0.25, 0.3) is 0 Å². The lowest BCUT2D eigenvalue weighted by Crippen LogP contribution is -2.31. The fourth-order valence-corrected chi connectivity index (χ4v) is 4.47. The summed E-state index contributed by atoms with van der Waals surface area (Å²) in [6, 6.07) is 15.5. The van der Waals surface area contributed by atoms with Crippen molar-refractivity contribution in [3.05, 3.63) is 76.6 Å². The van der Waals surface area contributed by atoms with Crippen LogP contribution in [-0.4, -0.2) is 15.7 Å². The SMILES string of the molecule is Cn1nc(CNC(=O)C2c3ccccc3Oc3ccccc32)c2c1CCCC2. The number of nitrogens with zero attached hydrogens (tertiary/aromatic N) is 2. The standard InChI is InChI=1S/C23H23N3O2/c1-26-19-11-5-2-8-15(19)18(25-26)14-24-23(27)22-16-9-3-6-12-20(16)28-21-13-7-4-10-17(21)22/h3-4,6-7,9-10,12-13,22H,2,5,8,11,14H2,1H3,(H,24,27). The van der Waals surface area contributed by atoms with Gasteiger partial charge in [-0.2, -0.15) is 5.10 Å². The summed E-state index contributed by atoms with van der Waals surface area (Å²) in [5.74, 6) is 1.10. The number of aromatic nitrogens is 2. The van der Waals surface area contributed by atoms with Crippen LogP contribution in [0.2, 0.25) is 0 Å². The maximum Gasteiger partial charge on any atom is 0.232 e. The molecule has 1 aliphatic heterocycles. The van der Waals surface area contributed by atoms with Crippen molar-refractivity contribution in [1.82, 2.24) is 15.1 Å². The van der Waals surface area contributed by atoms with E-state index in [-0.39, 0.29) is 11.8 Å². The fourth-order valence-electron chi connectivity index (χ4n) is 4.47. The Morgan fingerprint density at radius 1 is 1.07 bits per heavy atom. The van der Waals surface area contributed by atoms with Gasteiger partial charge in [-0.15, -0.1) is 0 Å². The van der Waals surface area contributed by atoms with E-state index in [1.165, 1.54) is 24.1 Å². The minimum absolute atomic E-state index is 0.0154. The van der Waals surface area contributed by atoms with Crippen LogP contribution in [-0.2, 0) is 31.2 Å². The van der Waals surface area contributed by atoms with E-state index >= 15 is 0 Å². The first-order chi connectivity index (χ1) is 13.7. The number of ether oxygens (including phenoxy) is 1. The van der Waals surface area contributed by atoms with Gasteiger partial charge in [0.05, 0.1) is 18.2 Å². The highest BCUT2D eigenvalue weighted by molar-refractivity contribution is 5.89. The lowest BCUT2D eigenvalue weighted by atomic mass is 9.87. The number of fused-ring (bicyclic) bond motifs is 3. The number of carbonyl (C=O) groups is 1. The van der Waals surface area contributed by atoms with Gasteiger partial charge in [0.15, 0.2) is 0 Å². The fraction of sp³-hybridized carbons (Fsp3) is 0.304. The van der Waals surface area contributed by atoms with E-state index in [4.69, 9.17) is 4.74 Å². The minimum Gasteiger partial charge on any atom is -0.457 e. The van der Waals surface area contributed by atoms with Crippen LogP contribution in [0.1, 0.15) is 46.8 Å². The van der Waals surface area contributed by atoms with E-state index in [2.05, 4.69) is 10.4 Å². The van der Waals surface area contributed by atoms with Crippen molar-refractivity contribution in [2.24, 2.45) is 7.05 Å². The molecule has 1 N–H and O–H groups in total. The number of para-hydroxylation sites is 2. The normalized spacial score (nSPS) is 15.2. The molecule has 1 aromatic heterocycles. The highest BCUT2D eigenvalue weighted by atomic mass is 16.5. The number of carbonyl (C=O) groups excluding carboxylic acids is 1. The van der Waals surface area contributed by atoms with Gasteiger partial charge in [0.2, 0.25) is 5.91 Å². The molecular weight excluding hydrogens is 350 g/mol. The third-order valence-corrected chi connectivity index (χ3v) is 5.82. The van der Waals surface area contributed by atoms with Gasteiger partial charge < -0.3 is 10.1 Å². The molecule has 5 heteroatoms. The van der Waals surface area contributed by atoms with Crippen LogP contribution in [0.5, 0.6) is 11.5 Å². The van der Waals surface area contributed by atoms with Crippen LogP contribution < -0.4 is 10.1 Å². The van der Waals surface area contributed by atoms with Gasteiger partial charge in [-0.25, -0.2) is 0 Å². The molecule has 142 valence electrons. The Bertz CT molecular complexity index is 1010. The molecule has 0 bridgehead atoms. The molecule has 2 heterocycles. The predicted molar refractivity (Wildman–Crippen MR) is 106 cm³/mol. The Hall–Kier alpha value is -3.08. The predicted octanol–water partition coefficient (Wildman–Crippen LogP) is 3.85. The zero-order valence-corrected chi connectivity index (χ0v) is 15.9. The Labute approximate surface area is 164 Å². The molecule has 5 rings (SSSR count). The summed E-state index contributed by atoms with van der Waals surface area (Å²) in [7, 11) is 2.00. The van der Waals surface area contributed by atoms with Gasteiger partial charge >= 0.3 is 0 Å². The molecule has 1 amide bonds. The van der Waals surface area contributed by atoms with Crippen molar-refractivity contribution in [3.8, 4) is 11.5 Å². The van der Waals surface area contributed by atoms with Crippen LogP contribution >= 0.6 is 0 Å². The molecule has 3 aromatic rings. The third-order valence-electron chi connectivity index (χ3n) is 5.82. The van der Waals surface area contributed by atoms with Gasteiger partial charge in [-0.05, 0) is 43.4 Å². The number of rotatable bonds is 3. The highest BCUT2D eigenvalue weighted by Gasteiger charge is 2.32. The van der Waals surface area contributed by atoms with Crippen molar-refractivity contribution in [2.45, 2.75) is 38.1 Å². The molecule has 2 aromatic carbocycles. The largest absolute Gasteiger partial charge is 0.457 e. The van der Waals surface area contributed by atoms with Gasteiger partial charge in [-0.1, -0.05) is 36.4 Å². The smallest absolute Gasteiger partial charge is 0.232 e. The first-order valence-corrected chi connectivity index (χ1v) is 9.89. The van der Waals surface area contributed by atoms with Crippen LogP contribution in [0.25, 0.3) is 0 Å². The average molecular weight is 373 g/mol. The van der Waals surface area contributed by atoms with Crippen molar-refractivity contribution < 1.29 is 9.53 Å². The molecule has 0 spiro atoms. The molecule has 2 aliphatic rings. The molecule has 5 nitrogen and oxygen atoms in total. The summed E-state index contributed by atoms with van der Waals surface area (Å²) in [5, 5.41) is 7.82. The molecule has 0 saturated heterocycles. The molecular formula is C23H23N3O2. The van der Waals surface area contributed by atoms with Crippen molar-refractivity contribution in [2.75, 3.05) is 0 Å². The van der Waals surface area contributed by atoms with Gasteiger partial charge in [0, 0.05) is 23.9 Å². The summed E-state index contributed by atoms with van der Waals surface area (Å²) < 4.78 is 7.98. The number of aryl methyl sites for hydroxylation is 1. The Kier molecular flexibility index (Phi) is 4.15. The monoisotopic (exact) mass is 373 g/mol. The summed E-state index contributed by atoms with van der Waals surface area (Å²) >= 11 is 0. The molecule has 0 atom stereocenters. The second-order valence-electron chi connectivity index (χ2n) is 7.53. The number of hydrogen-bond acceptors (Lipinski definition) is 3. The Balaban J connectivity index is 1.43. The van der Waals surface area contributed by atoms with Crippen LogP contribution in [0.3, 0.4) is 0 Å². The topological polar surface area (TPSA) is 56.2 Å². The highest BCUT2D eigenvalue weighted by Crippen LogP contribution is 2.43. The Morgan fingerprint density at radius 3 is 2.43 bits per heavy atom. The van der Waals surface area contributed by atoms with E-state index in [9.17, 15) is 4.79 Å². The number of nitrogens with one attached hydrogen (secondary N) is 1. The van der Waals surface area contributed by atoms with Crippen molar-refractivity contribution >= 4 is 5.91 Å². The number of benzene rings is 2. The molecule has 0 fully saturated rings. The van der Waals surface area contributed by atoms with E-state index in [1.54, 1.807) is 0 Å². The van der Waals surface area contributed by atoms with Crippen LogP contribution in [0.4, 0.5) is 0 Å². The lowest BCUT2D eigenvalue weighted by molar-refractivity contribution is -0.122. The summed E-state index contributed by atoms with van der Waals surface area (Å²) in [5.41, 5.74) is 5.45. The molecule has 0 unspecified atom stereocenters. The zero-order chi connectivity index (χ0) is 19.1. The molecule has 0 saturated carbocycles. The number of hydrogen-bond donors (Lipinski definition) is 1. The molecule has 1 aliphatic carbocycles. The second-order valence-corrected chi connectivity index (χ2v) is 7.53. The summed E-state index contributed by atoms with van der Waals surface area (Å²) in [6.45, 7) is 0.462. The van der Waals surface area contributed by atoms with Gasteiger partial charge in [0.1, 0.15) is 11.5 Å². The first kappa shape index (κ1) is 17.0. The zero-order valence-electron chi connectivity index (χ0n) is 15.9. The summed E-state index contributed by atoms with van der Waals surface area (Å²) in [4.78, 5) is 13.3. The van der Waals surface area contributed by atoms with Gasteiger partial charge in [-0.3, -0.25) is 9.48 Å². The maximum absolute atomic E-state index is 13.3. The first-order valence-electron chi connectivity index (χ1n) is 9.89. The van der Waals surface area contributed by atoms with Crippen molar-refractivity contribution in [3.63, 3.8) is 0 Å². The average Bonchev–Trinajstić information content (AvgIpc) is 3.06. The van der Waals surface area contributed by atoms with E-state index in [0.717, 1.165) is 41.2 Å². The summed E-state index contributed by atoms with van der Waals surface area (Å²) in [6.07, 6.45) is 4.54. The van der Waals surface area contributed by atoms with Crippen LogP contribution in [0.15, 0.2) is 48.5 Å². The quantitative estimate of drug-likeness (QED) is 0.759. The van der Waals surface area contributed by atoms with E-state index in [1.807, 2.05) is 60.3 Å². The second kappa shape index (κ2) is 6.82. The molecule has 28 heavy (non-hydrogen) atoms. The van der Waals surface area contributed by atoms with E-state index < -0.39 is 0 Å². The minimum atomic E-state index is -0.374. The maximum atomic E-state index is 13.3. The lowest BCUT2D eigenvalue weighted by Gasteiger charge is -2.27. The van der Waals surface area contributed by atoms with Crippen molar-refractivity contribution in [1.29, 1.82) is 0 Å². The van der Waals surface area contributed by atoms with Crippen LogP contribution in [0, 0.1) is 0 Å². The van der Waals surface area contributed by atoms with E-state index in [0.29, 0.717) is 6.54 Å². The Morgan fingerprint density at radius 2 is 1.71 bits per heavy atom. The molecule has 0 radical (unpaired) electrons. The third kappa shape index (κ3) is 2.78. The number of amides is 1.